The number of rotatable bonds is 3. The summed E-state index contributed by atoms with van der Waals surface area (Å²) < 4.78 is 45.6. The second-order valence-corrected chi connectivity index (χ2v) is 10.8. The van der Waals surface area contributed by atoms with Crippen molar-refractivity contribution in [2.45, 2.75) is 61.1 Å². The number of likely N-dealkylation sites (N-methyl/N-ethyl adjacent to an activating group) is 2. The highest BCUT2D eigenvalue weighted by molar-refractivity contribution is 5.92. The molecule has 0 aromatic heterocycles. The molecule has 196 valence electrons. The van der Waals surface area contributed by atoms with E-state index in [-0.39, 0.29) is 23.5 Å². The Bertz CT molecular complexity index is 1310. The van der Waals surface area contributed by atoms with Crippen LogP contribution < -0.4 is 4.74 Å². The summed E-state index contributed by atoms with van der Waals surface area (Å²) in [5, 5.41) is 23.3. The molecule has 2 aromatic rings. The smallest absolute Gasteiger partial charge is 0.416 e. The van der Waals surface area contributed by atoms with Gasteiger partial charge in [-0.05, 0) is 74.7 Å². The number of carbonyl (C=O) groups is 1. The molecule has 1 spiro atoms. The number of benzene rings is 2. The maximum atomic E-state index is 13.3. The molecule has 1 saturated heterocycles. The summed E-state index contributed by atoms with van der Waals surface area (Å²) in [7, 11) is 3.62. The van der Waals surface area contributed by atoms with Gasteiger partial charge in [0.25, 0.3) is 0 Å². The number of aromatic hydroxyl groups is 1. The second kappa shape index (κ2) is 7.98. The highest BCUT2D eigenvalue weighted by Gasteiger charge is 2.74. The highest BCUT2D eigenvalue weighted by Crippen LogP contribution is 2.65. The van der Waals surface area contributed by atoms with Crippen molar-refractivity contribution >= 4 is 12.0 Å². The highest BCUT2D eigenvalue weighted by atomic mass is 19.4. The van der Waals surface area contributed by atoms with E-state index in [4.69, 9.17) is 4.74 Å². The van der Waals surface area contributed by atoms with Crippen LogP contribution in [0.5, 0.6) is 11.5 Å². The van der Waals surface area contributed by atoms with Gasteiger partial charge in [-0.15, -0.1) is 0 Å². The monoisotopic (exact) mass is 514 g/mol. The summed E-state index contributed by atoms with van der Waals surface area (Å²) in [6.07, 6.45) is 0.153. The second-order valence-electron chi connectivity index (χ2n) is 10.8. The van der Waals surface area contributed by atoms with Crippen LogP contribution in [0.1, 0.15) is 41.5 Å². The number of likely N-dealkylation sites (tertiary alicyclic amines) is 1. The number of hydrogen-bond donors (Lipinski definition) is 2. The van der Waals surface area contributed by atoms with Gasteiger partial charge in [-0.3, -0.25) is 4.79 Å². The first-order valence-corrected chi connectivity index (χ1v) is 12.5. The van der Waals surface area contributed by atoms with Gasteiger partial charge in [0.1, 0.15) is 11.7 Å². The molecule has 9 heteroatoms. The van der Waals surface area contributed by atoms with Gasteiger partial charge in [0.05, 0.1) is 17.0 Å². The van der Waals surface area contributed by atoms with Crippen LogP contribution in [-0.2, 0) is 22.8 Å². The molecule has 2 aliphatic carbocycles. The molecule has 2 aromatic carbocycles. The number of aliphatic hydroxyl groups is 1. The molecule has 1 amide bonds. The van der Waals surface area contributed by atoms with E-state index in [0.717, 1.165) is 29.8 Å². The molecule has 1 saturated carbocycles. The van der Waals surface area contributed by atoms with Crippen molar-refractivity contribution in [3.63, 3.8) is 0 Å². The van der Waals surface area contributed by atoms with E-state index in [1.54, 1.807) is 13.1 Å². The summed E-state index contributed by atoms with van der Waals surface area (Å²) in [6.45, 7) is 0.751. The minimum Gasteiger partial charge on any atom is -0.504 e. The normalized spacial score (nSPS) is 32.2. The van der Waals surface area contributed by atoms with Crippen LogP contribution in [0.3, 0.4) is 0 Å². The molecule has 2 bridgehead atoms. The maximum absolute atomic E-state index is 13.3. The van der Waals surface area contributed by atoms with E-state index in [1.165, 1.54) is 29.2 Å². The zero-order valence-electron chi connectivity index (χ0n) is 20.6. The number of phenols is 1. The number of phenolic OH excluding ortho intramolecular Hbond substituents is 1. The molecule has 5 atom stereocenters. The number of amides is 1. The minimum atomic E-state index is -4.47. The van der Waals surface area contributed by atoms with Crippen molar-refractivity contribution in [2.24, 2.45) is 0 Å². The van der Waals surface area contributed by atoms with Gasteiger partial charge in [0.2, 0.25) is 5.91 Å². The summed E-state index contributed by atoms with van der Waals surface area (Å²) in [5.74, 6) is 0.113. The Kier molecular flexibility index (Phi) is 5.24. The Labute approximate surface area is 212 Å². The lowest BCUT2D eigenvalue weighted by Crippen LogP contribution is -2.81. The maximum Gasteiger partial charge on any atom is 0.416 e. The van der Waals surface area contributed by atoms with Crippen LogP contribution in [0, 0.1) is 0 Å². The Hall–Kier alpha value is -3.04. The lowest BCUT2D eigenvalue weighted by molar-refractivity contribution is -0.213. The third kappa shape index (κ3) is 3.23. The van der Waals surface area contributed by atoms with Crippen LogP contribution >= 0.6 is 0 Å². The Morgan fingerprint density at radius 2 is 2.03 bits per heavy atom. The fourth-order valence-electron chi connectivity index (χ4n) is 7.50. The molecular weight excluding hydrogens is 485 g/mol. The fourth-order valence-corrected chi connectivity index (χ4v) is 7.50. The van der Waals surface area contributed by atoms with Crippen LogP contribution in [0.15, 0.2) is 42.5 Å². The van der Waals surface area contributed by atoms with E-state index in [9.17, 15) is 28.2 Å². The quantitative estimate of drug-likeness (QED) is 0.611. The van der Waals surface area contributed by atoms with Gasteiger partial charge >= 0.3 is 6.18 Å². The van der Waals surface area contributed by atoms with Crippen molar-refractivity contribution in [3.8, 4) is 11.5 Å². The first-order valence-electron chi connectivity index (χ1n) is 12.5. The van der Waals surface area contributed by atoms with Crippen LogP contribution in [-0.4, -0.2) is 70.3 Å². The molecule has 2 fully saturated rings. The number of ether oxygens (including phenoxy) is 1. The standard InChI is InChI=1S/C28H29F3N2O4/c1-32-13-12-26-22-10-9-20(27(26,36)21(32)15-17-7-8-19(34)25(37-22)24(17)26)33(2)23(35)11-6-16-4-3-5-18(14-16)28(29,30)31/h3-8,11,14,20-22,34,36H,9-10,12-13,15H2,1-2H3/t20-,21-,22+,26-,27-/m1/s1. The molecule has 0 radical (unpaired) electrons. The van der Waals surface area contributed by atoms with Crippen LogP contribution in [0.2, 0.25) is 0 Å². The van der Waals surface area contributed by atoms with Crippen molar-refractivity contribution in [3.05, 3.63) is 64.7 Å². The molecule has 4 aliphatic rings. The van der Waals surface area contributed by atoms with E-state index in [2.05, 4.69) is 4.90 Å². The van der Waals surface area contributed by atoms with Gasteiger partial charge in [0, 0.05) is 24.7 Å². The molecule has 0 unspecified atom stereocenters. The summed E-state index contributed by atoms with van der Waals surface area (Å²) in [6, 6.07) is 7.57. The van der Waals surface area contributed by atoms with Gasteiger partial charge in [0.15, 0.2) is 11.5 Å². The van der Waals surface area contributed by atoms with E-state index < -0.39 is 34.7 Å². The topological polar surface area (TPSA) is 73.2 Å². The molecule has 2 heterocycles. The number of halogens is 3. The average molecular weight is 515 g/mol. The number of alkyl halides is 3. The zero-order chi connectivity index (χ0) is 26.3. The predicted molar refractivity (Wildman–Crippen MR) is 130 cm³/mol. The molecule has 37 heavy (non-hydrogen) atoms. The zero-order valence-corrected chi connectivity index (χ0v) is 20.6. The van der Waals surface area contributed by atoms with Gasteiger partial charge in [-0.25, -0.2) is 0 Å². The number of carbonyl (C=O) groups excluding carboxylic acids is 1. The SMILES string of the molecule is CN1CC[C@]23c4c5ccc(O)c4O[C@H]2CC[C@@H](N(C)C(=O)C=Cc2cccc(C(F)(F)F)c2)[C@@]3(O)[C@H]1C5. The predicted octanol–water partition coefficient (Wildman–Crippen LogP) is 3.74. The third-order valence-electron chi connectivity index (χ3n) is 9.16. The molecule has 2 N–H and O–H groups in total. The van der Waals surface area contributed by atoms with Crippen molar-refractivity contribution < 1.29 is 32.9 Å². The number of piperidine rings is 1. The summed E-state index contributed by atoms with van der Waals surface area (Å²) in [5.41, 5.74) is -0.674. The van der Waals surface area contributed by atoms with Crippen LogP contribution in [0.25, 0.3) is 6.08 Å². The van der Waals surface area contributed by atoms with E-state index in [0.29, 0.717) is 31.4 Å². The Balaban J connectivity index is 1.36. The lowest BCUT2D eigenvalue weighted by atomic mass is 9.47. The number of hydrogen-bond acceptors (Lipinski definition) is 5. The fraction of sp³-hybridized carbons (Fsp3) is 0.464. The minimum absolute atomic E-state index is 0.0623. The molecular formula is C28H29F3N2O4. The first kappa shape index (κ1) is 24.3. The van der Waals surface area contributed by atoms with Crippen molar-refractivity contribution in [1.82, 2.24) is 9.80 Å². The van der Waals surface area contributed by atoms with Gasteiger partial charge in [-0.2, -0.15) is 13.2 Å². The van der Waals surface area contributed by atoms with E-state index >= 15 is 0 Å². The van der Waals surface area contributed by atoms with Crippen molar-refractivity contribution in [1.29, 1.82) is 0 Å². The van der Waals surface area contributed by atoms with Gasteiger partial charge in [-0.1, -0.05) is 18.2 Å². The summed E-state index contributed by atoms with van der Waals surface area (Å²) in [4.78, 5) is 17.0. The van der Waals surface area contributed by atoms with Crippen molar-refractivity contribution in [2.75, 3.05) is 20.6 Å². The Morgan fingerprint density at radius 3 is 2.78 bits per heavy atom. The number of nitrogens with zero attached hydrogens (tertiary/aromatic N) is 2. The molecule has 6 nitrogen and oxygen atoms in total. The van der Waals surface area contributed by atoms with E-state index in [1.807, 2.05) is 13.1 Å². The molecule has 2 aliphatic heterocycles. The average Bonchev–Trinajstić information content (AvgIpc) is 3.20. The third-order valence-corrected chi connectivity index (χ3v) is 9.16. The largest absolute Gasteiger partial charge is 0.504 e. The summed E-state index contributed by atoms with van der Waals surface area (Å²) >= 11 is 0. The Morgan fingerprint density at radius 1 is 1.24 bits per heavy atom. The molecule has 6 rings (SSSR count). The first-order chi connectivity index (χ1) is 17.5. The van der Waals surface area contributed by atoms with Crippen LogP contribution in [0.4, 0.5) is 13.2 Å². The lowest BCUT2D eigenvalue weighted by Gasteiger charge is -2.66. The van der Waals surface area contributed by atoms with Gasteiger partial charge < -0.3 is 24.7 Å².